The molecule has 158 valence electrons. The number of ketones is 1. The number of benzene rings is 1. The average Bonchev–Trinajstić information content (AvgIpc) is 2.70. The summed E-state index contributed by atoms with van der Waals surface area (Å²) in [4.78, 5) is 37.7. The van der Waals surface area contributed by atoms with Crippen LogP contribution in [0.4, 0.5) is 5.82 Å². The molecule has 29 heavy (non-hydrogen) atoms. The molecule has 0 radical (unpaired) electrons. The van der Waals surface area contributed by atoms with Crippen molar-refractivity contribution in [1.82, 2.24) is 14.5 Å². The summed E-state index contributed by atoms with van der Waals surface area (Å²) in [5.41, 5.74) is 7.10. The molecule has 0 amide bonds. The third-order valence-electron chi connectivity index (χ3n) is 5.21. The van der Waals surface area contributed by atoms with E-state index in [1.54, 1.807) is 0 Å². The molecule has 0 spiro atoms. The summed E-state index contributed by atoms with van der Waals surface area (Å²) in [6.07, 6.45) is 1.63. The molecule has 7 nitrogen and oxygen atoms in total. The van der Waals surface area contributed by atoms with Gasteiger partial charge in [-0.3, -0.25) is 18.7 Å². The maximum atomic E-state index is 12.9. The van der Waals surface area contributed by atoms with Gasteiger partial charge in [0.2, 0.25) is 0 Å². The van der Waals surface area contributed by atoms with E-state index in [0.29, 0.717) is 13.0 Å². The third kappa shape index (κ3) is 4.85. The second kappa shape index (κ2) is 9.69. The Balaban J connectivity index is 2.31. The van der Waals surface area contributed by atoms with Crippen molar-refractivity contribution in [3.8, 4) is 0 Å². The van der Waals surface area contributed by atoms with Gasteiger partial charge in [0, 0.05) is 19.6 Å². The Morgan fingerprint density at radius 3 is 2.28 bits per heavy atom. The largest absolute Gasteiger partial charge is 0.384 e. The molecule has 0 fully saturated rings. The van der Waals surface area contributed by atoms with E-state index in [1.807, 2.05) is 6.92 Å². The molecule has 1 aromatic carbocycles. The molecule has 0 unspecified atom stereocenters. The van der Waals surface area contributed by atoms with Gasteiger partial charge in [0.05, 0.1) is 6.54 Å². The molecule has 1 heterocycles. The molecule has 0 aliphatic rings. The number of anilines is 1. The van der Waals surface area contributed by atoms with Gasteiger partial charge in [-0.2, -0.15) is 0 Å². The van der Waals surface area contributed by atoms with E-state index in [4.69, 9.17) is 5.73 Å². The standard InChI is InChI=1S/C22H32N4O3/c1-6-12-26-20(23)18(21(28)25(5)22(26)29)17(27)13-24-19(14(3)4)16-10-8-15(7-2)9-11-16/h8-11,14,19,24H,6-7,12-13,23H2,1-5H3/t19-/m1/s1. The topological polar surface area (TPSA) is 99.1 Å². The highest BCUT2D eigenvalue weighted by molar-refractivity contribution is 6.01. The second-order valence-corrected chi connectivity index (χ2v) is 7.68. The highest BCUT2D eigenvalue weighted by Crippen LogP contribution is 2.22. The number of rotatable bonds is 9. The fourth-order valence-electron chi connectivity index (χ4n) is 3.48. The maximum absolute atomic E-state index is 12.9. The van der Waals surface area contributed by atoms with Crippen LogP contribution in [0.15, 0.2) is 33.9 Å². The molecule has 1 aromatic heterocycles. The van der Waals surface area contributed by atoms with Crippen LogP contribution in [0.25, 0.3) is 0 Å². The third-order valence-corrected chi connectivity index (χ3v) is 5.21. The number of carbonyl (C=O) groups is 1. The van der Waals surface area contributed by atoms with Gasteiger partial charge in [-0.15, -0.1) is 0 Å². The molecule has 3 N–H and O–H groups in total. The number of hydrogen-bond acceptors (Lipinski definition) is 5. The summed E-state index contributed by atoms with van der Waals surface area (Å²) in [6.45, 7) is 8.47. The van der Waals surface area contributed by atoms with Crippen molar-refractivity contribution in [3.63, 3.8) is 0 Å². The van der Waals surface area contributed by atoms with Crippen LogP contribution in [0.2, 0.25) is 0 Å². The van der Waals surface area contributed by atoms with Crippen molar-refractivity contribution in [2.75, 3.05) is 12.3 Å². The predicted molar refractivity (Wildman–Crippen MR) is 116 cm³/mol. The summed E-state index contributed by atoms with van der Waals surface area (Å²) in [7, 11) is 1.37. The zero-order valence-corrected chi connectivity index (χ0v) is 18.0. The zero-order valence-electron chi connectivity index (χ0n) is 18.0. The average molecular weight is 401 g/mol. The monoisotopic (exact) mass is 400 g/mol. The van der Waals surface area contributed by atoms with Gasteiger partial charge in [-0.05, 0) is 29.9 Å². The fourth-order valence-corrected chi connectivity index (χ4v) is 3.48. The van der Waals surface area contributed by atoms with E-state index in [-0.39, 0.29) is 29.9 Å². The van der Waals surface area contributed by atoms with Crippen molar-refractivity contribution in [1.29, 1.82) is 0 Å². The number of Topliss-reactive ketones (excluding diaryl/α,β-unsaturated/α-hetero) is 1. The Bertz CT molecular complexity index is 971. The van der Waals surface area contributed by atoms with Crippen LogP contribution < -0.4 is 22.3 Å². The Morgan fingerprint density at radius 1 is 1.14 bits per heavy atom. The minimum Gasteiger partial charge on any atom is -0.384 e. The quantitative estimate of drug-likeness (QED) is 0.629. The van der Waals surface area contributed by atoms with E-state index in [2.05, 4.69) is 50.4 Å². The van der Waals surface area contributed by atoms with E-state index in [9.17, 15) is 14.4 Å². The molecule has 2 rings (SSSR count). The molecule has 7 heteroatoms. The molecule has 0 aliphatic carbocycles. The summed E-state index contributed by atoms with van der Waals surface area (Å²) in [6, 6.07) is 8.26. The number of nitrogens with one attached hydrogen (secondary N) is 1. The highest BCUT2D eigenvalue weighted by atomic mass is 16.2. The molecule has 0 saturated heterocycles. The minimum atomic E-state index is -0.653. The van der Waals surface area contributed by atoms with Crippen molar-refractivity contribution < 1.29 is 4.79 Å². The van der Waals surface area contributed by atoms with Crippen molar-refractivity contribution in [2.24, 2.45) is 13.0 Å². The van der Waals surface area contributed by atoms with Gasteiger partial charge in [-0.25, -0.2) is 4.79 Å². The normalized spacial score (nSPS) is 12.3. The summed E-state index contributed by atoms with van der Waals surface area (Å²) < 4.78 is 2.24. The van der Waals surface area contributed by atoms with Gasteiger partial charge >= 0.3 is 5.69 Å². The molecule has 0 saturated carbocycles. The summed E-state index contributed by atoms with van der Waals surface area (Å²) in [5, 5.41) is 3.27. The first kappa shape index (κ1) is 22.6. The van der Waals surface area contributed by atoms with E-state index in [0.717, 1.165) is 16.6 Å². The number of nitrogens with two attached hydrogens (primary N) is 1. The lowest BCUT2D eigenvalue weighted by Gasteiger charge is -2.23. The first-order valence-corrected chi connectivity index (χ1v) is 10.2. The van der Waals surface area contributed by atoms with Crippen molar-refractivity contribution in [2.45, 2.75) is 53.1 Å². The van der Waals surface area contributed by atoms with Crippen LogP contribution >= 0.6 is 0 Å². The van der Waals surface area contributed by atoms with Crippen LogP contribution in [0.1, 0.15) is 61.6 Å². The first-order chi connectivity index (χ1) is 13.7. The molecule has 0 aliphatic heterocycles. The van der Waals surface area contributed by atoms with Crippen LogP contribution in [0.3, 0.4) is 0 Å². The SMILES string of the molecule is CCCn1c(N)c(C(=O)CN[C@@H](c2ccc(CC)cc2)C(C)C)c(=O)n(C)c1=O. The van der Waals surface area contributed by atoms with Gasteiger partial charge in [0.1, 0.15) is 11.4 Å². The lowest BCUT2D eigenvalue weighted by molar-refractivity contribution is 0.0982. The zero-order chi connectivity index (χ0) is 21.7. The van der Waals surface area contributed by atoms with Gasteiger partial charge in [0.15, 0.2) is 5.78 Å². The molecule has 0 bridgehead atoms. The fraction of sp³-hybridized carbons (Fsp3) is 0.500. The van der Waals surface area contributed by atoms with Crippen LogP contribution in [-0.4, -0.2) is 21.5 Å². The maximum Gasteiger partial charge on any atom is 0.332 e. The Hall–Kier alpha value is -2.67. The Morgan fingerprint density at radius 2 is 1.76 bits per heavy atom. The lowest BCUT2D eigenvalue weighted by Crippen LogP contribution is -2.44. The van der Waals surface area contributed by atoms with Crippen LogP contribution in [-0.2, 0) is 20.0 Å². The molecular weight excluding hydrogens is 368 g/mol. The van der Waals surface area contributed by atoms with E-state index in [1.165, 1.54) is 17.2 Å². The lowest BCUT2D eigenvalue weighted by atomic mass is 9.94. The Labute approximate surface area is 171 Å². The minimum absolute atomic E-state index is 0.0395. The van der Waals surface area contributed by atoms with Crippen molar-refractivity contribution in [3.05, 3.63) is 61.8 Å². The van der Waals surface area contributed by atoms with Gasteiger partial charge in [-0.1, -0.05) is 52.0 Å². The number of aromatic nitrogens is 2. The number of nitrogen functional groups attached to an aromatic ring is 1. The van der Waals surface area contributed by atoms with E-state index >= 15 is 0 Å². The number of carbonyl (C=O) groups excluding carboxylic acids is 1. The predicted octanol–water partition coefficient (Wildman–Crippen LogP) is 2.27. The highest BCUT2D eigenvalue weighted by Gasteiger charge is 2.23. The number of hydrogen-bond donors (Lipinski definition) is 2. The second-order valence-electron chi connectivity index (χ2n) is 7.68. The molecular formula is C22H32N4O3. The summed E-state index contributed by atoms with van der Waals surface area (Å²) in [5.74, 6) is -0.228. The number of aryl methyl sites for hydroxylation is 1. The van der Waals surface area contributed by atoms with Gasteiger partial charge < -0.3 is 11.1 Å². The smallest absolute Gasteiger partial charge is 0.332 e. The number of nitrogens with zero attached hydrogens (tertiary/aromatic N) is 2. The van der Waals surface area contributed by atoms with Crippen LogP contribution in [0, 0.1) is 5.92 Å². The van der Waals surface area contributed by atoms with Crippen LogP contribution in [0.5, 0.6) is 0 Å². The summed E-state index contributed by atoms with van der Waals surface area (Å²) >= 11 is 0. The Kier molecular flexibility index (Phi) is 7.56. The van der Waals surface area contributed by atoms with Gasteiger partial charge in [0.25, 0.3) is 5.56 Å². The molecule has 2 aromatic rings. The molecule has 1 atom stereocenters. The van der Waals surface area contributed by atoms with E-state index < -0.39 is 17.0 Å². The first-order valence-electron chi connectivity index (χ1n) is 10.2. The van der Waals surface area contributed by atoms with Crippen molar-refractivity contribution >= 4 is 11.6 Å².